The Morgan fingerprint density at radius 3 is 2.44 bits per heavy atom. The molecule has 0 bridgehead atoms. The molecular formula is C19H23BrN2O3. The summed E-state index contributed by atoms with van der Waals surface area (Å²) in [6, 6.07) is 11.6. The van der Waals surface area contributed by atoms with E-state index in [4.69, 9.17) is 9.47 Å². The van der Waals surface area contributed by atoms with Crippen molar-refractivity contribution >= 4 is 27.5 Å². The highest BCUT2D eigenvalue weighted by Crippen LogP contribution is 2.28. The van der Waals surface area contributed by atoms with Crippen LogP contribution in [0.15, 0.2) is 40.9 Å². The van der Waals surface area contributed by atoms with Gasteiger partial charge in [-0.1, -0.05) is 12.1 Å². The van der Waals surface area contributed by atoms with Crippen molar-refractivity contribution in [2.75, 3.05) is 26.1 Å². The molecule has 6 heteroatoms. The summed E-state index contributed by atoms with van der Waals surface area (Å²) in [6.07, 6.45) is 0. The average molecular weight is 407 g/mol. The summed E-state index contributed by atoms with van der Waals surface area (Å²) < 4.78 is 11.4. The number of carbonyl (C=O) groups excluding carboxylic acids is 1. The molecule has 0 spiro atoms. The zero-order valence-corrected chi connectivity index (χ0v) is 16.4. The summed E-state index contributed by atoms with van der Waals surface area (Å²) in [7, 11) is 3.22. The van der Waals surface area contributed by atoms with E-state index in [0.717, 1.165) is 21.3 Å². The lowest BCUT2D eigenvalue weighted by Crippen LogP contribution is -2.30. The molecule has 2 aromatic rings. The minimum atomic E-state index is -0.122. The largest absolute Gasteiger partial charge is 0.496 e. The zero-order valence-electron chi connectivity index (χ0n) is 14.9. The summed E-state index contributed by atoms with van der Waals surface area (Å²) >= 11 is 3.48. The van der Waals surface area contributed by atoms with Crippen LogP contribution >= 0.6 is 15.9 Å². The molecule has 0 saturated heterocycles. The maximum absolute atomic E-state index is 12.2. The first-order chi connectivity index (χ1) is 11.9. The number of aryl methyl sites for hydroxylation is 1. The number of carbonyl (C=O) groups is 1. The van der Waals surface area contributed by atoms with E-state index in [-0.39, 0.29) is 18.5 Å². The predicted molar refractivity (Wildman–Crippen MR) is 103 cm³/mol. The maximum Gasteiger partial charge on any atom is 0.238 e. The van der Waals surface area contributed by atoms with Crippen LogP contribution in [-0.4, -0.2) is 26.7 Å². The lowest BCUT2D eigenvalue weighted by molar-refractivity contribution is -0.115. The fourth-order valence-electron chi connectivity index (χ4n) is 2.43. The van der Waals surface area contributed by atoms with E-state index in [2.05, 4.69) is 26.6 Å². The molecule has 0 saturated carbocycles. The molecule has 0 radical (unpaired) electrons. The highest BCUT2D eigenvalue weighted by atomic mass is 79.9. The van der Waals surface area contributed by atoms with Gasteiger partial charge in [0.25, 0.3) is 0 Å². The number of halogens is 1. The Bertz CT molecular complexity index is 749. The molecule has 0 aliphatic heterocycles. The van der Waals surface area contributed by atoms with Crippen LogP contribution in [0.5, 0.6) is 11.5 Å². The van der Waals surface area contributed by atoms with Gasteiger partial charge in [-0.3, -0.25) is 4.79 Å². The minimum Gasteiger partial charge on any atom is -0.496 e. The number of nitrogens with one attached hydrogen (secondary N) is 2. The summed E-state index contributed by atoms with van der Waals surface area (Å²) in [5.41, 5.74) is 2.79. The van der Waals surface area contributed by atoms with Gasteiger partial charge < -0.3 is 20.1 Å². The van der Waals surface area contributed by atoms with Crippen molar-refractivity contribution in [3.8, 4) is 11.5 Å². The van der Waals surface area contributed by atoms with Gasteiger partial charge in [0.2, 0.25) is 5.91 Å². The molecule has 1 amide bonds. The molecule has 2 aromatic carbocycles. The lowest BCUT2D eigenvalue weighted by atomic mass is 10.1. The number of benzene rings is 2. The van der Waals surface area contributed by atoms with Gasteiger partial charge in [-0.15, -0.1) is 0 Å². The molecule has 0 aliphatic carbocycles. The van der Waals surface area contributed by atoms with E-state index >= 15 is 0 Å². The van der Waals surface area contributed by atoms with Crippen LogP contribution in [0.25, 0.3) is 0 Å². The third kappa shape index (κ3) is 5.21. The van der Waals surface area contributed by atoms with E-state index < -0.39 is 0 Å². The Labute approximate surface area is 156 Å². The first kappa shape index (κ1) is 19.3. The molecule has 0 aliphatic rings. The Morgan fingerprint density at radius 1 is 1.12 bits per heavy atom. The second-order valence-electron chi connectivity index (χ2n) is 5.75. The fraction of sp³-hybridized carbons (Fsp3) is 0.316. The number of amides is 1. The van der Waals surface area contributed by atoms with E-state index in [1.54, 1.807) is 14.2 Å². The summed E-state index contributed by atoms with van der Waals surface area (Å²) in [4.78, 5) is 12.2. The van der Waals surface area contributed by atoms with Crippen LogP contribution in [0.4, 0.5) is 5.69 Å². The van der Waals surface area contributed by atoms with Gasteiger partial charge in [0, 0.05) is 6.04 Å². The maximum atomic E-state index is 12.2. The van der Waals surface area contributed by atoms with Crippen LogP contribution in [0.1, 0.15) is 24.1 Å². The fourth-order valence-corrected chi connectivity index (χ4v) is 2.99. The van der Waals surface area contributed by atoms with Crippen molar-refractivity contribution in [1.29, 1.82) is 0 Å². The number of anilines is 1. The van der Waals surface area contributed by atoms with Crippen molar-refractivity contribution < 1.29 is 14.3 Å². The van der Waals surface area contributed by atoms with E-state index in [0.29, 0.717) is 11.4 Å². The molecule has 0 aromatic heterocycles. The van der Waals surface area contributed by atoms with Crippen LogP contribution in [0.3, 0.4) is 0 Å². The first-order valence-electron chi connectivity index (χ1n) is 7.96. The van der Waals surface area contributed by atoms with Crippen molar-refractivity contribution in [3.63, 3.8) is 0 Å². The summed E-state index contributed by atoms with van der Waals surface area (Å²) in [5, 5.41) is 6.10. The quantitative estimate of drug-likeness (QED) is 0.727. The van der Waals surface area contributed by atoms with Gasteiger partial charge >= 0.3 is 0 Å². The Morgan fingerprint density at radius 2 is 1.80 bits per heavy atom. The summed E-state index contributed by atoms with van der Waals surface area (Å²) in [5.74, 6) is 1.30. The number of ether oxygens (including phenoxy) is 2. The van der Waals surface area contributed by atoms with Crippen molar-refractivity contribution in [3.05, 3.63) is 52.0 Å². The highest BCUT2D eigenvalue weighted by Gasteiger charge is 2.12. The highest BCUT2D eigenvalue weighted by molar-refractivity contribution is 9.10. The van der Waals surface area contributed by atoms with Crippen molar-refractivity contribution in [2.45, 2.75) is 19.9 Å². The molecule has 0 fully saturated rings. The standard InChI is InChI=1S/C19H23BrN2O3/c1-12-5-7-18(25-4)16(9-12)22-19(23)11-21-13(2)14-6-8-17(24-3)15(20)10-14/h5-10,13,21H,11H2,1-4H3,(H,22,23)/t13-/m1/s1. The molecule has 2 rings (SSSR count). The monoisotopic (exact) mass is 406 g/mol. The molecule has 134 valence electrons. The second kappa shape index (κ2) is 8.87. The Kier molecular flexibility index (Phi) is 6.84. The number of rotatable bonds is 7. The predicted octanol–water partition coefficient (Wildman–Crippen LogP) is 4.06. The van der Waals surface area contributed by atoms with Crippen LogP contribution in [-0.2, 0) is 4.79 Å². The van der Waals surface area contributed by atoms with Crippen LogP contribution < -0.4 is 20.1 Å². The third-order valence-electron chi connectivity index (χ3n) is 3.87. The Hall–Kier alpha value is -2.05. The smallest absolute Gasteiger partial charge is 0.238 e. The Balaban J connectivity index is 1.95. The molecule has 1 atom stereocenters. The molecule has 2 N–H and O–H groups in total. The number of hydrogen-bond acceptors (Lipinski definition) is 4. The number of methoxy groups -OCH3 is 2. The molecular weight excluding hydrogens is 384 g/mol. The van der Waals surface area contributed by atoms with Crippen LogP contribution in [0.2, 0.25) is 0 Å². The molecule has 0 unspecified atom stereocenters. The van der Waals surface area contributed by atoms with Gasteiger partial charge in [0.15, 0.2) is 0 Å². The van der Waals surface area contributed by atoms with E-state index in [1.165, 1.54) is 0 Å². The van der Waals surface area contributed by atoms with Gasteiger partial charge in [-0.25, -0.2) is 0 Å². The lowest BCUT2D eigenvalue weighted by Gasteiger charge is -2.16. The third-order valence-corrected chi connectivity index (χ3v) is 4.49. The van der Waals surface area contributed by atoms with Crippen LogP contribution in [0, 0.1) is 6.92 Å². The SMILES string of the molecule is COc1ccc([C@@H](C)NCC(=O)Nc2cc(C)ccc2OC)cc1Br. The minimum absolute atomic E-state index is 0.0207. The first-order valence-corrected chi connectivity index (χ1v) is 8.75. The van der Waals surface area contributed by atoms with E-state index in [1.807, 2.05) is 50.2 Å². The number of hydrogen-bond donors (Lipinski definition) is 2. The average Bonchev–Trinajstić information content (AvgIpc) is 2.59. The topological polar surface area (TPSA) is 59.6 Å². The molecule has 5 nitrogen and oxygen atoms in total. The van der Waals surface area contributed by atoms with Gasteiger partial charge in [0.05, 0.1) is 30.9 Å². The normalized spacial score (nSPS) is 11.7. The van der Waals surface area contributed by atoms with Gasteiger partial charge in [-0.05, 0) is 65.2 Å². The van der Waals surface area contributed by atoms with E-state index in [9.17, 15) is 4.79 Å². The zero-order chi connectivity index (χ0) is 18.4. The molecule has 0 heterocycles. The van der Waals surface area contributed by atoms with Gasteiger partial charge in [0.1, 0.15) is 11.5 Å². The molecule has 25 heavy (non-hydrogen) atoms. The van der Waals surface area contributed by atoms with Crippen molar-refractivity contribution in [1.82, 2.24) is 5.32 Å². The van der Waals surface area contributed by atoms with Gasteiger partial charge in [-0.2, -0.15) is 0 Å². The second-order valence-corrected chi connectivity index (χ2v) is 6.60. The summed E-state index contributed by atoms with van der Waals surface area (Å²) in [6.45, 7) is 4.17. The van der Waals surface area contributed by atoms with Crippen molar-refractivity contribution in [2.24, 2.45) is 0 Å².